The van der Waals surface area contributed by atoms with Gasteiger partial charge in [0.05, 0.1) is 24.8 Å². The molecule has 2 aromatic carbocycles. The van der Waals surface area contributed by atoms with Crippen molar-refractivity contribution in [1.29, 1.82) is 0 Å². The summed E-state index contributed by atoms with van der Waals surface area (Å²) in [6.45, 7) is 0.490. The Morgan fingerprint density at radius 3 is 2.68 bits per heavy atom. The number of nitrogens with one attached hydrogen (secondary N) is 2. The molecule has 6 heteroatoms. The van der Waals surface area contributed by atoms with Gasteiger partial charge in [0.1, 0.15) is 17.3 Å². The summed E-state index contributed by atoms with van der Waals surface area (Å²) in [6.07, 6.45) is 4.76. The molecule has 0 bridgehead atoms. The molecule has 1 aromatic heterocycles. The highest BCUT2D eigenvalue weighted by molar-refractivity contribution is 5.93. The van der Waals surface area contributed by atoms with Crippen LogP contribution in [0.2, 0.25) is 0 Å². The number of benzene rings is 2. The van der Waals surface area contributed by atoms with Crippen molar-refractivity contribution in [3.8, 4) is 11.5 Å². The van der Waals surface area contributed by atoms with Crippen LogP contribution < -0.4 is 14.8 Å². The van der Waals surface area contributed by atoms with E-state index in [-0.39, 0.29) is 5.91 Å². The number of imidazole rings is 1. The first-order chi connectivity index (χ1) is 13.7. The zero-order valence-electron chi connectivity index (χ0n) is 16.0. The summed E-state index contributed by atoms with van der Waals surface area (Å²) >= 11 is 0. The van der Waals surface area contributed by atoms with Gasteiger partial charge >= 0.3 is 0 Å². The Hall–Kier alpha value is -3.02. The van der Waals surface area contributed by atoms with Crippen LogP contribution in [0.3, 0.4) is 0 Å². The number of amides is 1. The summed E-state index contributed by atoms with van der Waals surface area (Å²) in [7, 11) is 1.63. The molecular weight excluding hydrogens is 354 g/mol. The number of carbonyl (C=O) groups excluding carboxylic acids is 1. The van der Waals surface area contributed by atoms with Crippen LogP contribution >= 0.6 is 0 Å². The zero-order valence-corrected chi connectivity index (χ0v) is 16.0. The summed E-state index contributed by atoms with van der Waals surface area (Å²) in [5, 5.41) is 2.96. The summed E-state index contributed by atoms with van der Waals surface area (Å²) in [4.78, 5) is 20.3. The molecule has 0 spiro atoms. The van der Waals surface area contributed by atoms with Crippen molar-refractivity contribution in [2.75, 3.05) is 19.0 Å². The Labute approximate surface area is 164 Å². The molecule has 1 heterocycles. The van der Waals surface area contributed by atoms with Crippen LogP contribution in [-0.2, 0) is 4.79 Å². The maximum Gasteiger partial charge on any atom is 0.224 e. The van der Waals surface area contributed by atoms with Crippen LogP contribution in [0.5, 0.6) is 11.5 Å². The SMILES string of the molecule is COc1ccc(OCCCC(=O)Nc2ccc3nc(C4CCC4)[nH]c3c2)cc1. The lowest BCUT2D eigenvalue weighted by Crippen LogP contribution is -2.12. The third-order valence-electron chi connectivity index (χ3n) is 5.15. The Morgan fingerprint density at radius 2 is 1.96 bits per heavy atom. The van der Waals surface area contributed by atoms with Gasteiger partial charge in [-0.1, -0.05) is 6.42 Å². The van der Waals surface area contributed by atoms with Crippen LogP contribution in [0.15, 0.2) is 42.5 Å². The fraction of sp³-hybridized carbons (Fsp3) is 0.364. The molecule has 0 aliphatic heterocycles. The van der Waals surface area contributed by atoms with Crippen molar-refractivity contribution >= 4 is 22.6 Å². The number of aromatic amines is 1. The molecule has 28 heavy (non-hydrogen) atoms. The monoisotopic (exact) mass is 379 g/mol. The number of nitrogens with zero attached hydrogens (tertiary/aromatic N) is 1. The molecule has 1 saturated carbocycles. The summed E-state index contributed by atoms with van der Waals surface area (Å²) < 4.78 is 10.8. The van der Waals surface area contributed by atoms with Crippen LogP contribution in [0.4, 0.5) is 5.69 Å². The number of fused-ring (bicyclic) bond motifs is 1. The van der Waals surface area contributed by atoms with E-state index in [9.17, 15) is 4.79 Å². The van der Waals surface area contributed by atoms with E-state index in [0.29, 0.717) is 25.4 Å². The summed E-state index contributed by atoms with van der Waals surface area (Å²) in [6, 6.07) is 13.2. The molecule has 2 N–H and O–H groups in total. The van der Waals surface area contributed by atoms with Crippen molar-refractivity contribution < 1.29 is 14.3 Å². The van der Waals surface area contributed by atoms with E-state index in [1.165, 1.54) is 19.3 Å². The van der Waals surface area contributed by atoms with E-state index in [1.54, 1.807) is 7.11 Å². The van der Waals surface area contributed by atoms with Gasteiger partial charge in [0.15, 0.2) is 0 Å². The molecule has 4 rings (SSSR count). The van der Waals surface area contributed by atoms with E-state index in [0.717, 1.165) is 34.0 Å². The largest absolute Gasteiger partial charge is 0.497 e. The first kappa shape index (κ1) is 18.3. The number of hydrogen-bond donors (Lipinski definition) is 2. The lowest BCUT2D eigenvalue weighted by atomic mass is 9.85. The summed E-state index contributed by atoms with van der Waals surface area (Å²) in [5.41, 5.74) is 2.72. The molecule has 1 fully saturated rings. The Kier molecular flexibility index (Phi) is 5.46. The van der Waals surface area contributed by atoms with Crippen molar-refractivity contribution in [1.82, 2.24) is 9.97 Å². The Bertz CT molecular complexity index is 945. The number of carbonyl (C=O) groups is 1. The minimum absolute atomic E-state index is 0.0172. The number of anilines is 1. The van der Waals surface area contributed by atoms with Gasteiger partial charge in [-0.2, -0.15) is 0 Å². The van der Waals surface area contributed by atoms with Gasteiger partial charge in [0.25, 0.3) is 0 Å². The molecular formula is C22H25N3O3. The van der Waals surface area contributed by atoms with Crippen LogP contribution in [0.1, 0.15) is 43.8 Å². The molecule has 1 aliphatic rings. The highest BCUT2D eigenvalue weighted by Crippen LogP contribution is 2.35. The van der Waals surface area contributed by atoms with Crippen molar-refractivity contribution in [2.24, 2.45) is 0 Å². The lowest BCUT2D eigenvalue weighted by Gasteiger charge is -2.22. The number of ether oxygens (including phenoxy) is 2. The van der Waals surface area contributed by atoms with Crippen LogP contribution in [0, 0.1) is 0 Å². The highest BCUT2D eigenvalue weighted by Gasteiger charge is 2.22. The molecule has 0 radical (unpaired) electrons. The van der Waals surface area contributed by atoms with Gasteiger partial charge in [-0.15, -0.1) is 0 Å². The molecule has 0 saturated heterocycles. The maximum absolute atomic E-state index is 12.2. The average molecular weight is 379 g/mol. The molecule has 0 unspecified atom stereocenters. The topological polar surface area (TPSA) is 76.2 Å². The molecule has 1 amide bonds. The number of aromatic nitrogens is 2. The number of hydrogen-bond acceptors (Lipinski definition) is 4. The second-order valence-electron chi connectivity index (χ2n) is 7.16. The zero-order chi connectivity index (χ0) is 19.3. The van der Waals surface area contributed by atoms with E-state index < -0.39 is 0 Å². The first-order valence-electron chi connectivity index (χ1n) is 9.77. The predicted molar refractivity (Wildman–Crippen MR) is 109 cm³/mol. The van der Waals surface area contributed by atoms with E-state index in [2.05, 4.69) is 15.3 Å². The third-order valence-corrected chi connectivity index (χ3v) is 5.15. The van der Waals surface area contributed by atoms with Crippen molar-refractivity contribution in [3.05, 3.63) is 48.3 Å². The normalized spacial score (nSPS) is 13.9. The van der Waals surface area contributed by atoms with Crippen molar-refractivity contribution in [2.45, 2.75) is 38.0 Å². The van der Waals surface area contributed by atoms with Gasteiger partial charge in [-0.05, 0) is 61.7 Å². The molecule has 6 nitrogen and oxygen atoms in total. The van der Waals surface area contributed by atoms with Gasteiger partial charge in [0, 0.05) is 18.0 Å². The van der Waals surface area contributed by atoms with E-state index >= 15 is 0 Å². The van der Waals surface area contributed by atoms with E-state index in [4.69, 9.17) is 9.47 Å². The number of H-pyrrole nitrogens is 1. The van der Waals surface area contributed by atoms with Crippen LogP contribution in [0.25, 0.3) is 11.0 Å². The molecule has 0 atom stereocenters. The summed E-state index contributed by atoms with van der Waals surface area (Å²) in [5.74, 6) is 3.18. The van der Waals surface area contributed by atoms with Gasteiger partial charge in [-0.3, -0.25) is 4.79 Å². The second-order valence-corrected chi connectivity index (χ2v) is 7.16. The minimum Gasteiger partial charge on any atom is -0.497 e. The minimum atomic E-state index is -0.0172. The number of rotatable bonds is 8. The molecule has 3 aromatic rings. The average Bonchev–Trinajstić information content (AvgIpc) is 3.06. The third kappa shape index (κ3) is 4.27. The molecule has 146 valence electrons. The standard InChI is InChI=1S/C22H25N3O3/c1-27-17-8-10-18(11-9-17)28-13-3-6-21(26)23-16-7-12-19-20(14-16)25-22(24-19)15-4-2-5-15/h7-12,14-15H,2-6,13H2,1H3,(H,23,26)(H,24,25). The van der Waals surface area contributed by atoms with Gasteiger partial charge < -0.3 is 19.8 Å². The van der Waals surface area contributed by atoms with Gasteiger partial charge in [0.2, 0.25) is 5.91 Å². The number of methoxy groups -OCH3 is 1. The maximum atomic E-state index is 12.2. The molecule has 1 aliphatic carbocycles. The van der Waals surface area contributed by atoms with Crippen molar-refractivity contribution in [3.63, 3.8) is 0 Å². The second kappa shape index (κ2) is 8.33. The quantitative estimate of drug-likeness (QED) is 0.559. The van der Waals surface area contributed by atoms with E-state index in [1.807, 2.05) is 42.5 Å². The lowest BCUT2D eigenvalue weighted by molar-refractivity contribution is -0.116. The van der Waals surface area contributed by atoms with Gasteiger partial charge in [-0.25, -0.2) is 4.98 Å². The fourth-order valence-electron chi connectivity index (χ4n) is 3.30. The predicted octanol–water partition coefficient (Wildman–Crippen LogP) is 4.64. The highest BCUT2D eigenvalue weighted by atomic mass is 16.5. The Morgan fingerprint density at radius 1 is 1.18 bits per heavy atom. The fourth-order valence-corrected chi connectivity index (χ4v) is 3.30. The van der Waals surface area contributed by atoms with Crippen LogP contribution in [-0.4, -0.2) is 29.6 Å². The first-order valence-corrected chi connectivity index (χ1v) is 9.77. The smallest absolute Gasteiger partial charge is 0.224 e. The Balaban J connectivity index is 1.24.